The number of phenolic OH excluding ortho intramolecular Hbond substituents is 1. The van der Waals surface area contributed by atoms with Crippen LogP contribution < -0.4 is 16.0 Å². The van der Waals surface area contributed by atoms with Crippen molar-refractivity contribution in [1.29, 1.82) is 5.26 Å². The zero-order chi connectivity index (χ0) is 49.8. The molecule has 1 heterocycles. The fraction of sp³-hybridized carbons (Fsp3) is 0.720. The first-order valence-electron chi connectivity index (χ1n) is 24.1. The van der Waals surface area contributed by atoms with Crippen LogP contribution in [-0.4, -0.2) is 125 Å². The molecule has 1 aliphatic heterocycles. The molecule has 2 rings (SSSR count). The molecule has 0 unspecified atom stereocenters. The Balaban J connectivity index is 2.92. The molecule has 1 aliphatic rings. The maximum absolute atomic E-state index is 14.8. The third kappa shape index (κ3) is 17.9. The van der Waals surface area contributed by atoms with Gasteiger partial charge < -0.3 is 40.5 Å². The molecule has 0 spiro atoms. The summed E-state index contributed by atoms with van der Waals surface area (Å²) in [5, 5.41) is 28.3. The summed E-state index contributed by atoms with van der Waals surface area (Å²) in [6.45, 7) is 17.1. The first-order valence-corrected chi connectivity index (χ1v) is 24.1. The van der Waals surface area contributed by atoms with Gasteiger partial charge in [-0.05, 0) is 74.0 Å². The standard InChI is InChI=1S/C50H81N7O9/c1-13-15-18-33(7)28-39-47(62)55(10)35(9)50(65)66-43(20-17-25-51)46(61)54-40(29-34(8)19-16-14-2)49(64)56(11)41(27-32(5)6)44(59)52-38(26-31(3)4)48(63)57(12)42(45(60)53-39)30-36-21-23-37(58)24-22-36/h21-24,31-35,38-43,58H,13-20,26-30H2,1-12H3,(H,52,59)(H,53,60)(H,54,61)/t33-,34-,35+,38+,39+,40+,41+,42+,43-/m1/s1. The van der Waals surface area contributed by atoms with Crippen LogP contribution in [0.4, 0.5) is 0 Å². The van der Waals surface area contributed by atoms with E-state index in [0.29, 0.717) is 5.56 Å². The van der Waals surface area contributed by atoms with Crippen LogP contribution >= 0.6 is 0 Å². The molecule has 1 aromatic carbocycles. The summed E-state index contributed by atoms with van der Waals surface area (Å²) < 4.78 is 5.78. The van der Waals surface area contributed by atoms with Crippen LogP contribution in [0.1, 0.15) is 145 Å². The summed E-state index contributed by atoms with van der Waals surface area (Å²) in [5.41, 5.74) is 0.611. The minimum absolute atomic E-state index is 0.00919. The number of carbonyl (C=O) groups excluding carboxylic acids is 7. The Kier molecular flexibility index (Phi) is 24.2. The van der Waals surface area contributed by atoms with Crippen molar-refractivity contribution in [2.24, 2.45) is 23.7 Å². The van der Waals surface area contributed by atoms with E-state index in [-0.39, 0.29) is 74.4 Å². The number of rotatable bonds is 18. The van der Waals surface area contributed by atoms with Crippen LogP contribution in [0.3, 0.4) is 0 Å². The molecule has 16 nitrogen and oxygen atoms in total. The Morgan fingerprint density at radius 1 is 0.652 bits per heavy atom. The second kappa shape index (κ2) is 28.1. The lowest BCUT2D eigenvalue weighted by atomic mass is 9.94. The number of unbranched alkanes of at least 4 members (excludes halogenated alkanes) is 2. The largest absolute Gasteiger partial charge is 0.508 e. The highest BCUT2D eigenvalue weighted by atomic mass is 16.5. The van der Waals surface area contributed by atoms with E-state index in [1.807, 2.05) is 47.6 Å². The number of nitrogens with one attached hydrogen (secondary N) is 3. The van der Waals surface area contributed by atoms with E-state index in [1.54, 1.807) is 12.1 Å². The van der Waals surface area contributed by atoms with Gasteiger partial charge in [0.2, 0.25) is 29.5 Å². The van der Waals surface area contributed by atoms with Gasteiger partial charge in [-0.15, -0.1) is 0 Å². The van der Waals surface area contributed by atoms with Gasteiger partial charge in [0, 0.05) is 40.4 Å². The Hall–Kier alpha value is -5.20. The van der Waals surface area contributed by atoms with Crippen LogP contribution in [-0.2, 0) is 44.7 Å². The van der Waals surface area contributed by atoms with Gasteiger partial charge in [0.1, 0.15) is 42.0 Å². The number of hydrogen-bond acceptors (Lipinski definition) is 10. The molecule has 1 aromatic rings. The molecule has 1 saturated heterocycles. The number of esters is 1. The minimum Gasteiger partial charge on any atom is -0.508 e. The van der Waals surface area contributed by atoms with Crippen molar-refractivity contribution in [3.63, 3.8) is 0 Å². The van der Waals surface area contributed by atoms with Crippen LogP contribution in [0.5, 0.6) is 5.75 Å². The zero-order valence-electron chi connectivity index (χ0n) is 41.9. The number of aromatic hydroxyl groups is 1. The molecule has 6 amide bonds. The topological polar surface area (TPSA) is 219 Å². The quantitative estimate of drug-likeness (QED) is 0.133. The molecule has 9 atom stereocenters. The summed E-state index contributed by atoms with van der Waals surface area (Å²) >= 11 is 0. The number of cyclic esters (lactones) is 1. The molecule has 0 aliphatic carbocycles. The first-order chi connectivity index (χ1) is 31.1. The number of carbonyl (C=O) groups is 7. The molecular weight excluding hydrogens is 843 g/mol. The van der Waals surface area contributed by atoms with Crippen molar-refractivity contribution in [1.82, 2.24) is 30.7 Å². The van der Waals surface area contributed by atoms with Gasteiger partial charge >= 0.3 is 5.97 Å². The second-order valence-corrected chi connectivity index (χ2v) is 19.5. The molecule has 16 heteroatoms. The molecule has 0 aromatic heterocycles. The lowest BCUT2D eigenvalue weighted by Gasteiger charge is -2.35. The normalized spacial score (nSPS) is 24.6. The molecule has 0 radical (unpaired) electrons. The smallest absolute Gasteiger partial charge is 0.329 e. The lowest BCUT2D eigenvalue weighted by Crippen LogP contribution is -2.60. The van der Waals surface area contributed by atoms with Gasteiger partial charge in [0.05, 0.1) is 6.07 Å². The number of nitriles is 1. The van der Waals surface area contributed by atoms with Crippen LogP contribution in [0.15, 0.2) is 24.3 Å². The monoisotopic (exact) mass is 924 g/mol. The summed E-state index contributed by atoms with van der Waals surface area (Å²) in [5.74, 6) is -4.96. The van der Waals surface area contributed by atoms with Gasteiger partial charge in [-0.2, -0.15) is 5.26 Å². The second-order valence-electron chi connectivity index (χ2n) is 19.5. The molecule has 4 N–H and O–H groups in total. The van der Waals surface area contributed by atoms with Gasteiger partial charge in [-0.1, -0.05) is 106 Å². The average molecular weight is 924 g/mol. The third-order valence-electron chi connectivity index (χ3n) is 12.6. The van der Waals surface area contributed by atoms with Gasteiger partial charge in [0.25, 0.3) is 5.91 Å². The number of nitrogens with zero attached hydrogens (tertiary/aromatic N) is 4. The number of hydrogen-bond donors (Lipinski definition) is 4. The number of amides is 6. The third-order valence-corrected chi connectivity index (χ3v) is 12.6. The van der Waals surface area contributed by atoms with Crippen LogP contribution in [0.2, 0.25) is 0 Å². The number of benzene rings is 1. The SMILES string of the molecule is CCCC[C@@H](C)C[C@@H]1NC(=O)[C@H](Cc2ccc(O)cc2)N(C)C(=O)[C@H](CC(C)C)NC(=O)[C@H](CC(C)C)N(C)C(=O)[C@H](C[C@H](C)CCCC)NC(=O)[C@@H](CCC#N)OC(=O)[C@H](C)N(C)C1=O. The molecular formula is C50H81N7O9. The van der Waals surface area contributed by atoms with Crippen molar-refractivity contribution >= 4 is 41.4 Å². The number of ether oxygens (including phenoxy) is 1. The van der Waals surface area contributed by atoms with E-state index < -0.39 is 83.8 Å². The Bertz CT molecular complexity index is 1800. The summed E-state index contributed by atoms with van der Waals surface area (Å²) in [7, 11) is 4.37. The highest BCUT2D eigenvalue weighted by Gasteiger charge is 2.40. The van der Waals surface area contributed by atoms with Gasteiger partial charge in [-0.25, -0.2) is 4.79 Å². The summed E-state index contributed by atoms with van der Waals surface area (Å²) in [4.78, 5) is 105. The maximum atomic E-state index is 14.8. The Morgan fingerprint density at radius 3 is 1.56 bits per heavy atom. The molecule has 66 heavy (non-hydrogen) atoms. The van der Waals surface area contributed by atoms with E-state index in [9.17, 15) is 43.9 Å². The predicted molar refractivity (Wildman–Crippen MR) is 253 cm³/mol. The van der Waals surface area contributed by atoms with Crippen LogP contribution in [0.25, 0.3) is 0 Å². The van der Waals surface area contributed by atoms with E-state index in [1.165, 1.54) is 50.0 Å². The van der Waals surface area contributed by atoms with E-state index >= 15 is 0 Å². The van der Waals surface area contributed by atoms with Crippen molar-refractivity contribution in [2.75, 3.05) is 21.1 Å². The van der Waals surface area contributed by atoms with Crippen molar-refractivity contribution in [3.8, 4) is 11.8 Å². The minimum atomic E-state index is -1.50. The number of likely N-dealkylation sites (N-methyl/N-ethyl adjacent to an activating group) is 3. The van der Waals surface area contributed by atoms with Crippen LogP contribution in [0, 0.1) is 35.0 Å². The Morgan fingerprint density at radius 2 is 1.09 bits per heavy atom. The zero-order valence-corrected chi connectivity index (χ0v) is 41.9. The molecule has 1 fully saturated rings. The van der Waals surface area contributed by atoms with Gasteiger partial charge in [-0.3, -0.25) is 28.8 Å². The van der Waals surface area contributed by atoms with Gasteiger partial charge in [0.15, 0.2) is 6.10 Å². The van der Waals surface area contributed by atoms with E-state index in [2.05, 4.69) is 29.8 Å². The first kappa shape index (κ1) is 56.9. The average Bonchev–Trinajstić information content (AvgIpc) is 3.27. The lowest BCUT2D eigenvalue weighted by molar-refractivity contribution is -0.163. The fourth-order valence-electron chi connectivity index (χ4n) is 8.30. The molecule has 0 saturated carbocycles. The Labute approximate surface area is 394 Å². The highest BCUT2D eigenvalue weighted by Crippen LogP contribution is 2.23. The maximum Gasteiger partial charge on any atom is 0.329 e. The van der Waals surface area contributed by atoms with Crippen molar-refractivity contribution in [2.45, 2.75) is 188 Å². The fourth-order valence-corrected chi connectivity index (χ4v) is 8.30. The molecule has 0 bridgehead atoms. The summed E-state index contributed by atoms with van der Waals surface area (Å²) in [6, 6.07) is 1.23. The van der Waals surface area contributed by atoms with Crippen molar-refractivity contribution in [3.05, 3.63) is 29.8 Å². The number of phenols is 1. The van der Waals surface area contributed by atoms with E-state index in [0.717, 1.165) is 43.4 Å². The summed E-state index contributed by atoms with van der Waals surface area (Å²) in [6.07, 6.45) is 4.06. The van der Waals surface area contributed by atoms with Crippen molar-refractivity contribution < 1.29 is 43.4 Å². The molecule has 370 valence electrons. The van der Waals surface area contributed by atoms with E-state index in [4.69, 9.17) is 4.74 Å². The highest BCUT2D eigenvalue weighted by molar-refractivity contribution is 5.97. The predicted octanol–water partition coefficient (Wildman–Crippen LogP) is 5.64.